The number of nitrogens with zero attached hydrogens (tertiary/aromatic N) is 6. The summed E-state index contributed by atoms with van der Waals surface area (Å²) in [4.78, 5) is 4.85. The largest absolute Gasteiger partial charge is 0.301 e. The molecule has 4 rings (SSSR count). The number of hydrogen-bond acceptors (Lipinski definition) is 5. The summed E-state index contributed by atoms with van der Waals surface area (Å²) >= 11 is 0. The molecule has 1 aliphatic rings. The van der Waals surface area contributed by atoms with Crippen LogP contribution in [-0.4, -0.2) is 62.7 Å². The van der Waals surface area contributed by atoms with Gasteiger partial charge in [0.2, 0.25) is 0 Å². The predicted molar refractivity (Wildman–Crippen MR) is 117 cm³/mol. The number of tetrazole rings is 1. The fourth-order valence-corrected chi connectivity index (χ4v) is 3.95. The van der Waals surface area contributed by atoms with Gasteiger partial charge in [0.1, 0.15) is 5.82 Å². The molecule has 0 bridgehead atoms. The Morgan fingerprint density at radius 1 is 0.967 bits per heavy atom. The van der Waals surface area contributed by atoms with Crippen LogP contribution in [0.4, 0.5) is 4.39 Å². The lowest BCUT2D eigenvalue weighted by atomic mass is 10.0. The van der Waals surface area contributed by atoms with E-state index >= 15 is 0 Å². The van der Waals surface area contributed by atoms with E-state index in [1.54, 1.807) is 0 Å². The number of aromatic nitrogens is 4. The van der Waals surface area contributed by atoms with E-state index in [1.165, 1.54) is 17.7 Å². The zero-order valence-electron chi connectivity index (χ0n) is 17.2. The van der Waals surface area contributed by atoms with Gasteiger partial charge in [-0.2, -0.15) is 0 Å². The van der Waals surface area contributed by atoms with Gasteiger partial charge >= 0.3 is 0 Å². The molecule has 1 fully saturated rings. The molecule has 0 saturated carbocycles. The molecule has 1 aromatic heterocycles. The topological polar surface area (TPSA) is 50.1 Å². The molecule has 1 unspecified atom stereocenters. The van der Waals surface area contributed by atoms with Crippen molar-refractivity contribution >= 4 is 12.4 Å². The van der Waals surface area contributed by atoms with E-state index < -0.39 is 0 Å². The molecule has 0 aliphatic carbocycles. The molecule has 0 spiro atoms. The summed E-state index contributed by atoms with van der Waals surface area (Å²) < 4.78 is 15.4. The van der Waals surface area contributed by atoms with E-state index in [1.807, 2.05) is 35.0 Å². The summed E-state index contributed by atoms with van der Waals surface area (Å²) in [6.45, 7) is 7.85. The van der Waals surface area contributed by atoms with Crippen molar-refractivity contribution in [3.8, 4) is 0 Å². The Bertz CT molecular complexity index is 894. The van der Waals surface area contributed by atoms with E-state index in [0.717, 1.165) is 50.5 Å². The van der Waals surface area contributed by atoms with E-state index in [4.69, 9.17) is 0 Å². The van der Waals surface area contributed by atoms with Crippen molar-refractivity contribution in [1.82, 2.24) is 30.0 Å². The van der Waals surface area contributed by atoms with Gasteiger partial charge in [0.15, 0.2) is 5.82 Å². The summed E-state index contributed by atoms with van der Waals surface area (Å²) in [5.74, 6) is 0.587. The zero-order valence-corrected chi connectivity index (χ0v) is 18.0. The summed E-state index contributed by atoms with van der Waals surface area (Å²) in [7, 11) is 0. The molecular formula is C22H28ClFN6. The predicted octanol–water partition coefficient (Wildman–Crippen LogP) is 3.20. The highest BCUT2D eigenvalue weighted by molar-refractivity contribution is 5.85. The van der Waals surface area contributed by atoms with Crippen molar-refractivity contribution in [2.75, 3.05) is 32.7 Å². The molecule has 160 valence electrons. The lowest BCUT2D eigenvalue weighted by Crippen LogP contribution is -2.48. The monoisotopic (exact) mass is 430 g/mol. The minimum Gasteiger partial charge on any atom is -0.301 e. The van der Waals surface area contributed by atoms with Gasteiger partial charge in [-0.05, 0) is 46.7 Å². The first-order chi connectivity index (χ1) is 14.2. The van der Waals surface area contributed by atoms with Crippen molar-refractivity contribution in [3.63, 3.8) is 0 Å². The molecule has 2 aromatic carbocycles. The van der Waals surface area contributed by atoms with Crippen LogP contribution in [0.3, 0.4) is 0 Å². The Morgan fingerprint density at radius 3 is 2.33 bits per heavy atom. The zero-order chi connectivity index (χ0) is 20.1. The molecule has 1 aliphatic heterocycles. The maximum atomic E-state index is 13.6. The highest BCUT2D eigenvalue weighted by atomic mass is 35.5. The van der Waals surface area contributed by atoms with Crippen LogP contribution in [0.2, 0.25) is 0 Å². The quantitative estimate of drug-likeness (QED) is 0.576. The maximum absolute atomic E-state index is 13.6. The molecule has 6 nitrogen and oxygen atoms in total. The van der Waals surface area contributed by atoms with Gasteiger partial charge in [0.05, 0.1) is 6.04 Å². The first-order valence-corrected chi connectivity index (χ1v) is 10.3. The van der Waals surface area contributed by atoms with E-state index in [0.29, 0.717) is 6.54 Å². The van der Waals surface area contributed by atoms with Crippen LogP contribution in [0.15, 0.2) is 54.6 Å². The van der Waals surface area contributed by atoms with Gasteiger partial charge in [0, 0.05) is 32.7 Å². The summed E-state index contributed by atoms with van der Waals surface area (Å²) in [5.41, 5.74) is 2.27. The lowest BCUT2D eigenvalue weighted by Gasteiger charge is -2.38. The Morgan fingerprint density at radius 2 is 1.67 bits per heavy atom. The SMILES string of the molecule is CCN1CCN(C(c2ccc(F)cc2)c2nnnn2CCc2ccccc2)CC1.Cl. The highest BCUT2D eigenvalue weighted by Crippen LogP contribution is 2.28. The minimum absolute atomic E-state index is 0. The number of benzene rings is 2. The molecular weight excluding hydrogens is 403 g/mol. The summed E-state index contributed by atoms with van der Waals surface area (Å²) in [5, 5.41) is 12.6. The van der Waals surface area contributed by atoms with Crippen molar-refractivity contribution in [3.05, 3.63) is 77.4 Å². The van der Waals surface area contributed by atoms with Crippen LogP contribution in [0.1, 0.15) is 29.9 Å². The second-order valence-corrected chi connectivity index (χ2v) is 7.42. The molecule has 0 N–H and O–H groups in total. The van der Waals surface area contributed by atoms with Gasteiger partial charge in [-0.1, -0.05) is 49.4 Å². The second-order valence-electron chi connectivity index (χ2n) is 7.42. The number of rotatable bonds is 7. The van der Waals surface area contributed by atoms with Crippen LogP contribution in [0, 0.1) is 5.82 Å². The standard InChI is InChI=1S/C22H27FN6.ClH/c1-2-27-14-16-28(17-15-27)21(19-8-10-20(23)11-9-19)22-24-25-26-29(22)13-12-18-6-4-3-5-7-18;/h3-11,21H,2,12-17H2,1H3;1H. The molecule has 1 saturated heterocycles. The average molecular weight is 431 g/mol. The first-order valence-electron chi connectivity index (χ1n) is 10.3. The summed E-state index contributed by atoms with van der Waals surface area (Å²) in [6.07, 6.45) is 0.860. The molecule has 1 atom stereocenters. The van der Waals surface area contributed by atoms with Crippen LogP contribution in [-0.2, 0) is 13.0 Å². The van der Waals surface area contributed by atoms with Gasteiger partial charge in [0.25, 0.3) is 0 Å². The van der Waals surface area contributed by atoms with Crippen molar-refractivity contribution in [1.29, 1.82) is 0 Å². The van der Waals surface area contributed by atoms with Crippen LogP contribution in [0.25, 0.3) is 0 Å². The second kappa shape index (κ2) is 10.6. The lowest BCUT2D eigenvalue weighted by molar-refractivity contribution is 0.108. The number of likely N-dealkylation sites (N-methyl/N-ethyl adjacent to an activating group) is 1. The molecule has 0 radical (unpaired) electrons. The van der Waals surface area contributed by atoms with Gasteiger partial charge in [-0.15, -0.1) is 17.5 Å². The average Bonchev–Trinajstić information content (AvgIpc) is 3.23. The Labute approximate surface area is 183 Å². The first kappa shape index (κ1) is 22.3. The Hall–Kier alpha value is -2.35. The Kier molecular flexibility index (Phi) is 7.90. The molecule has 8 heteroatoms. The third-order valence-electron chi connectivity index (χ3n) is 5.66. The van der Waals surface area contributed by atoms with E-state index in [-0.39, 0.29) is 24.3 Å². The van der Waals surface area contributed by atoms with Crippen molar-refractivity contribution in [2.24, 2.45) is 0 Å². The number of halogens is 2. The van der Waals surface area contributed by atoms with Crippen LogP contribution >= 0.6 is 12.4 Å². The Balaban J connectivity index is 0.00000256. The third kappa shape index (κ3) is 5.22. The third-order valence-corrected chi connectivity index (χ3v) is 5.66. The fourth-order valence-electron chi connectivity index (χ4n) is 3.95. The number of aryl methyl sites for hydroxylation is 2. The van der Waals surface area contributed by atoms with Crippen LogP contribution in [0.5, 0.6) is 0 Å². The summed E-state index contributed by atoms with van der Waals surface area (Å²) in [6, 6.07) is 17.0. The fraction of sp³-hybridized carbons (Fsp3) is 0.409. The number of hydrogen-bond donors (Lipinski definition) is 0. The van der Waals surface area contributed by atoms with Crippen molar-refractivity contribution < 1.29 is 4.39 Å². The molecule has 0 amide bonds. The smallest absolute Gasteiger partial charge is 0.173 e. The number of piperazine rings is 1. The normalized spacial score (nSPS) is 16.2. The highest BCUT2D eigenvalue weighted by Gasteiger charge is 2.30. The van der Waals surface area contributed by atoms with Crippen LogP contribution < -0.4 is 0 Å². The van der Waals surface area contributed by atoms with E-state index in [9.17, 15) is 4.39 Å². The molecule has 2 heterocycles. The van der Waals surface area contributed by atoms with Gasteiger partial charge in [-0.25, -0.2) is 9.07 Å². The maximum Gasteiger partial charge on any atom is 0.173 e. The van der Waals surface area contributed by atoms with E-state index in [2.05, 4.69) is 44.4 Å². The molecule has 3 aromatic rings. The minimum atomic E-state index is -0.230. The molecule has 30 heavy (non-hydrogen) atoms. The van der Waals surface area contributed by atoms with Gasteiger partial charge < -0.3 is 4.90 Å². The van der Waals surface area contributed by atoms with Gasteiger partial charge in [-0.3, -0.25) is 4.90 Å². The van der Waals surface area contributed by atoms with Crippen molar-refractivity contribution in [2.45, 2.75) is 25.9 Å².